The Kier molecular flexibility index (Phi) is 5.26. The normalized spacial score (nSPS) is 10.7. The molecule has 112 valence electrons. The quantitative estimate of drug-likeness (QED) is 0.706. The maximum Gasteiger partial charge on any atom is 0.141 e. The lowest BCUT2D eigenvalue weighted by atomic mass is 10.0. The first-order chi connectivity index (χ1) is 10.1. The molecule has 2 aromatic rings. The molecule has 4 heteroatoms. The molecule has 0 aromatic heterocycles. The summed E-state index contributed by atoms with van der Waals surface area (Å²) < 4.78 is 17.7. The zero-order valence-electron chi connectivity index (χ0n) is 12.5. The van der Waals surface area contributed by atoms with Gasteiger partial charge in [-0.25, -0.2) is 0 Å². The van der Waals surface area contributed by atoms with Crippen LogP contribution in [0.15, 0.2) is 40.9 Å². The molecule has 3 nitrogen and oxygen atoms in total. The van der Waals surface area contributed by atoms with E-state index in [-0.39, 0.29) is 0 Å². The average molecular weight is 351 g/mol. The molecule has 0 amide bonds. The molecule has 0 heterocycles. The Labute approximate surface area is 133 Å². The Bertz CT molecular complexity index is 665. The number of methoxy groups -OCH3 is 2. The molecule has 0 spiro atoms. The first kappa shape index (κ1) is 15.9. The van der Waals surface area contributed by atoms with E-state index in [0.717, 1.165) is 37.9 Å². The van der Waals surface area contributed by atoms with Crippen LogP contribution in [0, 0.1) is 0 Å². The zero-order valence-corrected chi connectivity index (χ0v) is 14.1. The largest absolute Gasteiger partial charge is 0.496 e. The van der Waals surface area contributed by atoms with Crippen molar-refractivity contribution >= 4 is 26.7 Å². The molecule has 0 saturated heterocycles. The van der Waals surface area contributed by atoms with Crippen molar-refractivity contribution in [1.29, 1.82) is 0 Å². The highest BCUT2D eigenvalue weighted by atomic mass is 79.9. The third-order valence-electron chi connectivity index (χ3n) is 3.16. The monoisotopic (exact) mass is 350 g/mol. The lowest BCUT2D eigenvalue weighted by Crippen LogP contribution is -2.02. The second kappa shape index (κ2) is 6.96. The first-order valence-electron chi connectivity index (χ1n) is 6.63. The Morgan fingerprint density at radius 1 is 1.10 bits per heavy atom. The fourth-order valence-electron chi connectivity index (χ4n) is 2.29. The predicted octanol–water partition coefficient (Wildman–Crippen LogP) is 4.71. The summed E-state index contributed by atoms with van der Waals surface area (Å²) in [6, 6.07) is 8.00. The highest BCUT2D eigenvalue weighted by Crippen LogP contribution is 2.43. The predicted molar refractivity (Wildman–Crippen MR) is 89.2 cm³/mol. The van der Waals surface area contributed by atoms with Crippen molar-refractivity contribution in [3.05, 3.63) is 46.5 Å². The third-order valence-corrected chi connectivity index (χ3v) is 4.00. The minimum absolute atomic E-state index is 0.428. The number of fused-ring (bicyclic) bond motifs is 1. The van der Waals surface area contributed by atoms with E-state index < -0.39 is 0 Å². The molecule has 0 N–H and O–H groups in total. The summed E-state index contributed by atoms with van der Waals surface area (Å²) in [5.74, 6) is 1.60. The van der Waals surface area contributed by atoms with E-state index >= 15 is 0 Å². The Hall–Kier alpha value is -1.52. The van der Waals surface area contributed by atoms with Crippen molar-refractivity contribution in [2.75, 3.05) is 20.8 Å². The highest BCUT2D eigenvalue weighted by Gasteiger charge is 2.19. The van der Waals surface area contributed by atoms with Gasteiger partial charge in [0, 0.05) is 16.3 Å². The lowest BCUT2D eigenvalue weighted by molar-refractivity contribution is 0.140. The molecule has 0 saturated carbocycles. The van der Waals surface area contributed by atoms with Crippen LogP contribution in [0.5, 0.6) is 11.5 Å². The molecule has 0 fully saturated rings. The van der Waals surface area contributed by atoms with Crippen LogP contribution in [0.1, 0.15) is 12.5 Å². The van der Waals surface area contributed by atoms with Crippen molar-refractivity contribution in [3.63, 3.8) is 0 Å². The van der Waals surface area contributed by atoms with E-state index in [2.05, 4.69) is 22.5 Å². The molecule has 2 aromatic carbocycles. The number of ether oxygens (including phenoxy) is 3. The summed E-state index contributed by atoms with van der Waals surface area (Å²) in [4.78, 5) is 0. The van der Waals surface area contributed by atoms with Gasteiger partial charge in [-0.3, -0.25) is 0 Å². The number of benzene rings is 2. The van der Waals surface area contributed by atoms with Crippen LogP contribution in [-0.4, -0.2) is 20.8 Å². The Morgan fingerprint density at radius 2 is 1.67 bits per heavy atom. The molecule has 0 atom stereocenters. The molecule has 2 rings (SSSR count). The van der Waals surface area contributed by atoms with E-state index in [0.29, 0.717) is 13.2 Å². The molecular formula is C17H19BrO3. The molecule has 21 heavy (non-hydrogen) atoms. The number of hydrogen-bond donors (Lipinski definition) is 0. The van der Waals surface area contributed by atoms with E-state index in [9.17, 15) is 0 Å². The average Bonchev–Trinajstić information content (AvgIpc) is 2.47. The standard InChI is InChI=1S/C17H19BrO3/c1-11(2)9-21-10-14-15(18)17(20-4)13-8-6-5-7-12(13)16(14)19-3/h5-8H,1,9-10H2,2-4H3. The van der Waals surface area contributed by atoms with Gasteiger partial charge in [0.15, 0.2) is 0 Å². The SMILES string of the molecule is C=C(C)COCc1c(Br)c(OC)c2ccccc2c1OC. The van der Waals surface area contributed by atoms with Crippen molar-refractivity contribution in [1.82, 2.24) is 0 Å². The van der Waals surface area contributed by atoms with E-state index in [4.69, 9.17) is 14.2 Å². The van der Waals surface area contributed by atoms with Crippen molar-refractivity contribution in [2.45, 2.75) is 13.5 Å². The minimum atomic E-state index is 0.428. The Balaban J connectivity index is 2.57. The van der Waals surface area contributed by atoms with Gasteiger partial charge in [0.05, 0.1) is 31.9 Å². The second-order valence-electron chi connectivity index (χ2n) is 4.85. The fraction of sp³-hybridized carbons (Fsp3) is 0.294. The molecular weight excluding hydrogens is 332 g/mol. The van der Waals surface area contributed by atoms with Gasteiger partial charge in [-0.05, 0) is 22.9 Å². The van der Waals surface area contributed by atoms with Crippen molar-refractivity contribution in [3.8, 4) is 11.5 Å². The summed E-state index contributed by atoms with van der Waals surface area (Å²) in [6.45, 7) is 6.73. The molecule has 0 radical (unpaired) electrons. The van der Waals surface area contributed by atoms with E-state index in [1.165, 1.54) is 0 Å². The van der Waals surface area contributed by atoms with E-state index in [1.54, 1.807) is 14.2 Å². The van der Waals surface area contributed by atoms with Crippen LogP contribution in [0.25, 0.3) is 10.8 Å². The summed E-state index contributed by atoms with van der Waals surface area (Å²) in [5.41, 5.74) is 1.92. The van der Waals surface area contributed by atoms with Gasteiger partial charge >= 0.3 is 0 Å². The zero-order chi connectivity index (χ0) is 15.4. The van der Waals surface area contributed by atoms with Gasteiger partial charge < -0.3 is 14.2 Å². The van der Waals surface area contributed by atoms with Gasteiger partial charge in [-0.15, -0.1) is 0 Å². The Morgan fingerprint density at radius 3 is 2.19 bits per heavy atom. The molecule has 0 bridgehead atoms. The lowest BCUT2D eigenvalue weighted by Gasteiger charge is -2.18. The van der Waals surface area contributed by atoms with Crippen LogP contribution in [-0.2, 0) is 11.3 Å². The van der Waals surface area contributed by atoms with Gasteiger partial charge in [0.1, 0.15) is 11.5 Å². The van der Waals surface area contributed by atoms with Crippen LogP contribution in [0.4, 0.5) is 0 Å². The number of halogens is 1. The summed E-state index contributed by atoms with van der Waals surface area (Å²) in [6.07, 6.45) is 0. The minimum Gasteiger partial charge on any atom is -0.496 e. The van der Waals surface area contributed by atoms with Crippen LogP contribution >= 0.6 is 15.9 Å². The maximum absolute atomic E-state index is 5.69. The number of rotatable bonds is 6. The first-order valence-corrected chi connectivity index (χ1v) is 7.42. The fourth-order valence-corrected chi connectivity index (χ4v) is 2.96. The summed E-state index contributed by atoms with van der Waals surface area (Å²) in [5, 5.41) is 2.02. The molecule has 0 unspecified atom stereocenters. The molecule has 0 aliphatic carbocycles. The summed E-state index contributed by atoms with van der Waals surface area (Å²) >= 11 is 3.61. The van der Waals surface area contributed by atoms with Crippen molar-refractivity contribution < 1.29 is 14.2 Å². The van der Waals surface area contributed by atoms with Gasteiger partial charge in [-0.2, -0.15) is 0 Å². The smallest absolute Gasteiger partial charge is 0.141 e. The van der Waals surface area contributed by atoms with Crippen LogP contribution in [0.2, 0.25) is 0 Å². The maximum atomic E-state index is 5.69. The molecule has 0 aliphatic rings. The topological polar surface area (TPSA) is 27.7 Å². The van der Waals surface area contributed by atoms with Crippen molar-refractivity contribution in [2.24, 2.45) is 0 Å². The van der Waals surface area contributed by atoms with E-state index in [1.807, 2.05) is 31.2 Å². The second-order valence-corrected chi connectivity index (χ2v) is 5.65. The summed E-state index contributed by atoms with van der Waals surface area (Å²) in [7, 11) is 3.33. The van der Waals surface area contributed by atoms with Gasteiger partial charge in [-0.1, -0.05) is 36.4 Å². The van der Waals surface area contributed by atoms with Crippen LogP contribution < -0.4 is 9.47 Å². The third kappa shape index (κ3) is 3.22. The number of hydrogen-bond acceptors (Lipinski definition) is 3. The molecule has 0 aliphatic heterocycles. The van der Waals surface area contributed by atoms with Crippen LogP contribution in [0.3, 0.4) is 0 Å². The van der Waals surface area contributed by atoms with Gasteiger partial charge in [0.25, 0.3) is 0 Å². The van der Waals surface area contributed by atoms with Gasteiger partial charge in [0.2, 0.25) is 0 Å². The highest BCUT2D eigenvalue weighted by molar-refractivity contribution is 9.10.